The maximum Gasteiger partial charge on any atom is 0.0593 e. The summed E-state index contributed by atoms with van der Waals surface area (Å²) in [5.41, 5.74) is 0. The van der Waals surface area contributed by atoms with Crippen LogP contribution >= 0.6 is 12.4 Å². The van der Waals surface area contributed by atoms with Crippen molar-refractivity contribution in [1.82, 2.24) is 5.32 Å². The summed E-state index contributed by atoms with van der Waals surface area (Å²) in [5, 5.41) is 3.35. The molecule has 0 aromatic carbocycles. The molecule has 0 saturated heterocycles. The van der Waals surface area contributed by atoms with Gasteiger partial charge in [-0.1, -0.05) is 0 Å². The summed E-state index contributed by atoms with van der Waals surface area (Å²) < 4.78 is 5.89. The van der Waals surface area contributed by atoms with E-state index in [9.17, 15) is 0 Å². The highest BCUT2D eigenvalue weighted by Crippen LogP contribution is 2.30. The Morgan fingerprint density at radius 2 is 1.85 bits per heavy atom. The SMILES string of the molecule is CNC1CCCC(OC2CC2)C1.Cl. The summed E-state index contributed by atoms with van der Waals surface area (Å²) in [6.07, 6.45) is 8.99. The fourth-order valence-electron chi connectivity index (χ4n) is 2.01. The van der Waals surface area contributed by atoms with Gasteiger partial charge in [-0.05, 0) is 45.6 Å². The Balaban J connectivity index is 0.000000845. The van der Waals surface area contributed by atoms with E-state index in [1.54, 1.807) is 0 Å². The third kappa shape index (κ3) is 3.45. The van der Waals surface area contributed by atoms with Gasteiger partial charge >= 0.3 is 0 Å². The molecule has 2 saturated carbocycles. The fourth-order valence-corrected chi connectivity index (χ4v) is 2.01. The quantitative estimate of drug-likeness (QED) is 0.762. The number of nitrogens with one attached hydrogen (secondary N) is 1. The Morgan fingerprint density at radius 3 is 2.46 bits per heavy atom. The molecule has 0 radical (unpaired) electrons. The topological polar surface area (TPSA) is 21.3 Å². The van der Waals surface area contributed by atoms with E-state index in [4.69, 9.17) is 4.74 Å². The van der Waals surface area contributed by atoms with Crippen molar-refractivity contribution in [2.75, 3.05) is 7.05 Å². The van der Waals surface area contributed by atoms with Crippen LogP contribution < -0.4 is 5.32 Å². The zero-order valence-corrected chi connectivity index (χ0v) is 9.11. The van der Waals surface area contributed by atoms with Gasteiger partial charge in [0.05, 0.1) is 12.2 Å². The molecule has 2 fully saturated rings. The van der Waals surface area contributed by atoms with E-state index < -0.39 is 0 Å². The molecule has 2 aliphatic rings. The Labute approximate surface area is 86.8 Å². The standard InChI is InChI=1S/C10H19NO.ClH/c1-11-8-3-2-4-10(7-8)12-9-5-6-9;/h8-11H,2-7H2,1H3;1H. The molecule has 3 heteroatoms. The van der Waals surface area contributed by atoms with Gasteiger partial charge in [-0.3, -0.25) is 0 Å². The number of halogens is 1. The lowest BCUT2D eigenvalue weighted by Gasteiger charge is -2.28. The molecule has 0 aromatic rings. The van der Waals surface area contributed by atoms with Gasteiger partial charge < -0.3 is 10.1 Å². The molecule has 2 aliphatic carbocycles. The summed E-state index contributed by atoms with van der Waals surface area (Å²) in [7, 11) is 2.06. The zero-order valence-electron chi connectivity index (χ0n) is 8.29. The van der Waals surface area contributed by atoms with E-state index in [0.717, 1.165) is 0 Å². The fraction of sp³-hybridized carbons (Fsp3) is 1.00. The Hall–Kier alpha value is 0.210. The van der Waals surface area contributed by atoms with Crippen molar-refractivity contribution >= 4 is 12.4 Å². The van der Waals surface area contributed by atoms with Crippen molar-refractivity contribution in [3.05, 3.63) is 0 Å². The van der Waals surface area contributed by atoms with Crippen LogP contribution in [0, 0.1) is 0 Å². The number of hydrogen-bond acceptors (Lipinski definition) is 2. The van der Waals surface area contributed by atoms with Crippen molar-refractivity contribution in [3.8, 4) is 0 Å². The second-order valence-electron chi connectivity index (χ2n) is 4.11. The molecular weight excluding hydrogens is 186 g/mol. The Morgan fingerprint density at radius 1 is 1.08 bits per heavy atom. The Bertz CT molecular complexity index is 150. The molecule has 1 N–H and O–H groups in total. The minimum absolute atomic E-state index is 0. The largest absolute Gasteiger partial charge is 0.375 e. The van der Waals surface area contributed by atoms with Crippen LogP contribution in [-0.4, -0.2) is 25.3 Å². The average Bonchev–Trinajstić information content (AvgIpc) is 2.89. The summed E-state index contributed by atoms with van der Waals surface area (Å²) in [6.45, 7) is 0. The van der Waals surface area contributed by atoms with Crippen LogP contribution in [0.5, 0.6) is 0 Å². The maximum absolute atomic E-state index is 5.89. The minimum Gasteiger partial charge on any atom is -0.375 e. The first kappa shape index (κ1) is 11.3. The molecule has 78 valence electrons. The van der Waals surface area contributed by atoms with Crippen molar-refractivity contribution in [1.29, 1.82) is 0 Å². The molecule has 2 nitrogen and oxygen atoms in total. The van der Waals surface area contributed by atoms with Crippen LogP contribution in [0.25, 0.3) is 0 Å². The third-order valence-corrected chi connectivity index (χ3v) is 2.94. The van der Waals surface area contributed by atoms with Crippen LogP contribution in [0.2, 0.25) is 0 Å². The Kier molecular flexibility index (Phi) is 4.50. The number of ether oxygens (including phenoxy) is 1. The van der Waals surface area contributed by atoms with Crippen LogP contribution in [0.4, 0.5) is 0 Å². The predicted octanol–water partition coefficient (Wildman–Crippen LogP) is 2.12. The summed E-state index contributed by atoms with van der Waals surface area (Å²) >= 11 is 0. The first-order chi connectivity index (χ1) is 5.88. The van der Waals surface area contributed by atoms with Crippen LogP contribution in [-0.2, 0) is 4.74 Å². The predicted molar refractivity (Wildman–Crippen MR) is 56.5 cm³/mol. The van der Waals surface area contributed by atoms with Crippen LogP contribution in [0.3, 0.4) is 0 Å². The van der Waals surface area contributed by atoms with E-state index in [-0.39, 0.29) is 12.4 Å². The molecule has 0 aromatic heterocycles. The van der Waals surface area contributed by atoms with Gasteiger partial charge in [-0.25, -0.2) is 0 Å². The van der Waals surface area contributed by atoms with E-state index >= 15 is 0 Å². The van der Waals surface area contributed by atoms with Gasteiger partial charge in [0.1, 0.15) is 0 Å². The monoisotopic (exact) mass is 205 g/mol. The lowest BCUT2D eigenvalue weighted by molar-refractivity contribution is 0.00897. The lowest BCUT2D eigenvalue weighted by Crippen LogP contribution is -2.35. The highest BCUT2D eigenvalue weighted by Gasteiger charge is 2.29. The van der Waals surface area contributed by atoms with Crippen molar-refractivity contribution in [2.24, 2.45) is 0 Å². The molecule has 0 heterocycles. The van der Waals surface area contributed by atoms with Crippen molar-refractivity contribution < 1.29 is 4.74 Å². The van der Waals surface area contributed by atoms with Crippen molar-refractivity contribution in [3.63, 3.8) is 0 Å². The number of hydrogen-bond donors (Lipinski definition) is 1. The smallest absolute Gasteiger partial charge is 0.0593 e. The normalized spacial score (nSPS) is 33.9. The van der Waals surface area contributed by atoms with Gasteiger partial charge in [0, 0.05) is 6.04 Å². The summed E-state index contributed by atoms with van der Waals surface area (Å²) in [5.74, 6) is 0. The molecule has 2 atom stereocenters. The first-order valence-electron chi connectivity index (χ1n) is 5.21. The molecule has 0 aliphatic heterocycles. The van der Waals surface area contributed by atoms with Gasteiger partial charge in [0.2, 0.25) is 0 Å². The molecule has 0 bridgehead atoms. The lowest BCUT2D eigenvalue weighted by atomic mass is 9.93. The van der Waals surface area contributed by atoms with Gasteiger partial charge in [0.15, 0.2) is 0 Å². The van der Waals surface area contributed by atoms with E-state index in [1.807, 2.05) is 0 Å². The van der Waals surface area contributed by atoms with Gasteiger partial charge in [-0.2, -0.15) is 0 Å². The van der Waals surface area contributed by atoms with E-state index in [2.05, 4.69) is 12.4 Å². The molecular formula is C10H20ClNO. The second-order valence-corrected chi connectivity index (χ2v) is 4.11. The molecule has 2 rings (SSSR count). The second kappa shape index (κ2) is 5.18. The van der Waals surface area contributed by atoms with Crippen LogP contribution in [0.1, 0.15) is 38.5 Å². The van der Waals surface area contributed by atoms with E-state index in [1.165, 1.54) is 38.5 Å². The van der Waals surface area contributed by atoms with Crippen LogP contribution in [0.15, 0.2) is 0 Å². The highest BCUT2D eigenvalue weighted by molar-refractivity contribution is 5.85. The number of rotatable bonds is 3. The zero-order chi connectivity index (χ0) is 8.39. The molecule has 0 spiro atoms. The highest BCUT2D eigenvalue weighted by atomic mass is 35.5. The molecule has 13 heavy (non-hydrogen) atoms. The minimum atomic E-state index is 0. The average molecular weight is 206 g/mol. The maximum atomic E-state index is 5.89. The molecule has 0 amide bonds. The summed E-state index contributed by atoms with van der Waals surface area (Å²) in [6, 6.07) is 0.711. The summed E-state index contributed by atoms with van der Waals surface area (Å²) in [4.78, 5) is 0. The van der Waals surface area contributed by atoms with Gasteiger partial charge in [0.25, 0.3) is 0 Å². The van der Waals surface area contributed by atoms with Gasteiger partial charge in [-0.15, -0.1) is 12.4 Å². The van der Waals surface area contributed by atoms with Crippen molar-refractivity contribution in [2.45, 2.75) is 56.8 Å². The third-order valence-electron chi connectivity index (χ3n) is 2.94. The molecule has 2 unspecified atom stereocenters. The van der Waals surface area contributed by atoms with E-state index in [0.29, 0.717) is 18.2 Å². The first-order valence-corrected chi connectivity index (χ1v) is 5.21.